The summed E-state index contributed by atoms with van der Waals surface area (Å²) in [5.41, 5.74) is 2.56. The number of allylic oxidation sites excluding steroid dienone is 1. The minimum Gasteiger partial charge on any atom is -0.374 e. The van der Waals surface area contributed by atoms with E-state index in [-0.39, 0.29) is 0 Å². The first kappa shape index (κ1) is 16.3. The number of unbranched alkanes of at least 4 members (excludes halogenated alkanes) is 1. The summed E-state index contributed by atoms with van der Waals surface area (Å²) in [6.45, 7) is 10.1. The molecule has 0 bridgehead atoms. The summed E-state index contributed by atoms with van der Waals surface area (Å²) in [5, 5.41) is 3.43. The highest BCUT2D eigenvalue weighted by atomic mass is 79.9. The highest BCUT2D eigenvalue weighted by molar-refractivity contribution is 9.10. The predicted octanol–water partition coefficient (Wildman–Crippen LogP) is 4.52. The normalized spacial score (nSPS) is 12.2. The fraction of sp³-hybridized carbons (Fsp3) is 0.500. The summed E-state index contributed by atoms with van der Waals surface area (Å²) in [7, 11) is 2.14. The van der Waals surface area contributed by atoms with E-state index in [1.54, 1.807) is 0 Å². The fourth-order valence-corrected chi connectivity index (χ4v) is 2.82. The monoisotopic (exact) mass is 324 g/mol. The first-order valence-corrected chi connectivity index (χ1v) is 7.74. The second kappa shape index (κ2) is 8.39. The van der Waals surface area contributed by atoms with E-state index in [2.05, 4.69) is 71.8 Å². The van der Waals surface area contributed by atoms with E-state index < -0.39 is 0 Å². The Kier molecular flexibility index (Phi) is 7.17. The molecule has 1 N–H and O–H groups in total. The molecule has 0 aromatic heterocycles. The Morgan fingerprint density at radius 1 is 1.47 bits per heavy atom. The van der Waals surface area contributed by atoms with Crippen LogP contribution in [-0.4, -0.2) is 20.1 Å². The van der Waals surface area contributed by atoms with Gasteiger partial charge in [-0.3, -0.25) is 0 Å². The van der Waals surface area contributed by atoms with Crippen LogP contribution in [-0.2, 0) is 0 Å². The van der Waals surface area contributed by atoms with E-state index in [1.165, 1.54) is 11.3 Å². The molecule has 1 aromatic rings. The molecule has 0 saturated carbocycles. The van der Waals surface area contributed by atoms with Crippen molar-refractivity contribution in [3.8, 4) is 0 Å². The van der Waals surface area contributed by atoms with Gasteiger partial charge in [0.25, 0.3) is 0 Å². The number of rotatable bonds is 8. The summed E-state index contributed by atoms with van der Waals surface area (Å²) in [5.74, 6) is 0. The van der Waals surface area contributed by atoms with Gasteiger partial charge in [0.05, 0.1) is 5.69 Å². The van der Waals surface area contributed by atoms with Gasteiger partial charge >= 0.3 is 0 Å². The summed E-state index contributed by atoms with van der Waals surface area (Å²) in [4.78, 5) is 2.29. The van der Waals surface area contributed by atoms with Gasteiger partial charge in [-0.15, -0.1) is 6.58 Å². The maximum Gasteiger partial charge on any atom is 0.0508 e. The molecule has 1 aromatic carbocycles. The molecule has 1 rings (SSSR count). The summed E-state index contributed by atoms with van der Waals surface area (Å²) < 4.78 is 1.16. The third kappa shape index (κ3) is 5.00. The molecule has 0 amide bonds. The molecule has 1 atom stereocenters. The smallest absolute Gasteiger partial charge is 0.0508 e. The van der Waals surface area contributed by atoms with Crippen LogP contribution < -0.4 is 10.2 Å². The maximum absolute atomic E-state index is 3.76. The zero-order valence-corrected chi connectivity index (χ0v) is 13.8. The van der Waals surface area contributed by atoms with Gasteiger partial charge < -0.3 is 10.2 Å². The number of hydrogen-bond donors (Lipinski definition) is 1. The van der Waals surface area contributed by atoms with E-state index in [1.807, 2.05) is 6.08 Å². The summed E-state index contributed by atoms with van der Waals surface area (Å²) in [6, 6.07) is 7.01. The lowest BCUT2D eigenvalue weighted by molar-refractivity contribution is 0.598. The highest BCUT2D eigenvalue weighted by Gasteiger charge is 2.09. The van der Waals surface area contributed by atoms with Crippen molar-refractivity contribution in [2.45, 2.75) is 32.7 Å². The molecule has 3 heteroatoms. The second-order valence-electron chi connectivity index (χ2n) is 4.84. The average molecular weight is 325 g/mol. The first-order chi connectivity index (χ1) is 9.10. The third-order valence-electron chi connectivity index (χ3n) is 3.30. The molecule has 0 fully saturated rings. The van der Waals surface area contributed by atoms with Gasteiger partial charge in [-0.1, -0.05) is 19.1 Å². The van der Waals surface area contributed by atoms with Crippen LogP contribution in [0.3, 0.4) is 0 Å². The molecule has 106 valence electrons. The molecular formula is C16H25BrN2. The minimum atomic E-state index is 0.390. The van der Waals surface area contributed by atoms with Crippen LogP contribution in [0.25, 0.3) is 0 Å². The van der Waals surface area contributed by atoms with Crippen LogP contribution in [0.2, 0.25) is 0 Å². The van der Waals surface area contributed by atoms with Gasteiger partial charge in [0.2, 0.25) is 0 Å². The zero-order valence-electron chi connectivity index (χ0n) is 12.2. The quantitative estimate of drug-likeness (QED) is 0.558. The molecule has 1 unspecified atom stereocenters. The SMILES string of the molecule is C=CCCCN(C)c1ccc(C(C)NCC)cc1Br. The van der Waals surface area contributed by atoms with Crippen molar-refractivity contribution >= 4 is 21.6 Å². The van der Waals surface area contributed by atoms with Gasteiger partial charge in [0.15, 0.2) is 0 Å². The average Bonchev–Trinajstić information content (AvgIpc) is 2.39. The van der Waals surface area contributed by atoms with E-state index >= 15 is 0 Å². The number of hydrogen-bond acceptors (Lipinski definition) is 2. The van der Waals surface area contributed by atoms with Crippen molar-refractivity contribution in [1.82, 2.24) is 5.32 Å². The maximum atomic E-state index is 3.76. The van der Waals surface area contributed by atoms with E-state index in [0.717, 1.165) is 30.4 Å². The molecule has 0 saturated heterocycles. The number of halogens is 1. The van der Waals surface area contributed by atoms with Crippen molar-refractivity contribution in [3.63, 3.8) is 0 Å². The molecule has 0 heterocycles. The molecule has 2 nitrogen and oxygen atoms in total. The van der Waals surface area contributed by atoms with Crippen LogP contribution in [0.15, 0.2) is 35.3 Å². The van der Waals surface area contributed by atoms with Gasteiger partial charge in [0, 0.05) is 24.1 Å². The van der Waals surface area contributed by atoms with Gasteiger partial charge in [-0.25, -0.2) is 0 Å². The topological polar surface area (TPSA) is 15.3 Å². The Hall–Kier alpha value is -0.800. The lowest BCUT2D eigenvalue weighted by Crippen LogP contribution is -2.20. The molecule has 19 heavy (non-hydrogen) atoms. The summed E-state index contributed by atoms with van der Waals surface area (Å²) >= 11 is 3.69. The molecule has 0 aliphatic heterocycles. The van der Waals surface area contributed by atoms with Crippen LogP contribution in [0.1, 0.15) is 38.3 Å². The Morgan fingerprint density at radius 2 is 2.21 bits per heavy atom. The van der Waals surface area contributed by atoms with Crippen LogP contribution >= 0.6 is 15.9 Å². The Bertz CT molecular complexity index is 404. The third-order valence-corrected chi connectivity index (χ3v) is 3.93. The second-order valence-corrected chi connectivity index (χ2v) is 5.70. The lowest BCUT2D eigenvalue weighted by atomic mass is 10.1. The van der Waals surface area contributed by atoms with Crippen molar-refractivity contribution in [1.29, 1.82) is 0 Å². The fourth-order valence-electron chi connectivity index (χ4n) is 2.12. The van der Waals surface area contributed by atoms with Crippen LogP contribution in [0, 0.1) is 0 Å². The Morgan fingerprint density at radius 3 is 2.79 bits per heavy atom. The molecule has 0 aliphatic rings. The van der Waals surface area contributed by atoms with Crippen molar-refractivity contribution < 1.29 is 0 Å². The standard InChI is InChI=1S/C16H25BrN2/c1-5-7-8-11-19(4)16-10-9-14(12-15(16)17)13(3)18-6-2/h5,9-10,12-13,18H,1,6-8,11H2,2-4H3. The number of benzene rings is 1. The first-order valence-electron chi connectivity index (χ1n) is 6.95. The zero-order chi connectivity index (χ0) is 14.3. The molecule has 0 aliphatic carbocycles. The van der Waals surface area contributed by atoms with Crippen molar-refractivity contribution in [2.75, 3.05) is 25.0 Å². The molecule has 0 spiro atoms. The van der Waals surface area contributed by atoms with Gasteiger partial charge in [-0.05, 0) is 59.9 Å². The number of nitrogens with one attached hydrogen (secondary N) is 1. The Labute approximate surface area is 126 Å². The Balaban J connectivity index is 2.73. The predicted molar refractivity (Wildman–Crippen MR) is 88.9 cm³/mol. The largest absolute Gasteiger partial charge is 0.374 e. The lowest BCUT2D eigenvalue weighted by Gasteiger charge is -2.22. The van der Waals surface area contributed by atoms with Gasteiger partial charge in [0.1, 0.15) is 0 Å². The van der Waals surface area contributed by atoms with E-state index in [4.69, 9.17) is 0 Å². The minimum absolute atomic E-state index is 0.390. The molecule has 0 radical (unpaired) electrons. The van der Waals surface area contributed by atoms with E-state index in [0.29, 0.717) is 6.04 Å². The van der Waals surface area contributed by atoms with E-state index in [9.17, 15) is 0 Å². The number of anilines is 1. The van der Waals surface area contributed by atoms with Crippen molar-refractivity contribution in [2.24, 2.45) is 0 Å². The van der Waals surface area contributed by atoms with Crippen molar-refractivity contribution in [3.05, 3.63) is 40.9 Å². The highest BCUT2D eigenvalue weighted by Crippen LogP contribution is 2.29. The molecular weight excluding hydrogens is 300 g/mol. The van der Waals surface area contributed by atoms with Crippen LogP contribution in [0.4, 0.5) is 5.69 Å². The van der Waals surface area contributed by atoms with Gasteiger partial charge in [-0.2, -0.15) is 0 Å². The number of nitrogens with zero attached hydrogens (tertiary/aromatic N) is 1. The van der Waals surface area contributed by atoms with Crippen LogP contribution in [0.5, 0.6) is 0 Å². The summed E-state index contributed by atoms with van der Waals surface area (Å²) in [6.07, 6.45) is 4.18.